The van der Waals surface area contributed by atoms with Gasteiger partial charge in [0.15, 0.2) is 0 Å². The largest absolute Gasteiger partial charge is 0.497 e. The van der Waals surface area contributed by atoms with Crippen LogP contribution in [0.3, 0.4) is 0 Å². The maximum atomic E-state index is 13.7. The minimum atomic E-state index is -0.435. The van der Waals surface area contributed by atoms with Gasteiger partial charge in [-0.3, -0.25) is 4.79 Å². The predicted molar refractivity (Wildman–Crippen MR) is 101 cm³/mol. The molecule has 2 aromatic rings. The third-order valence-electron chi connectivity index (χ3n) is 4.40. The summed E-state index contributed by atoms with van der Waals surface area (Å²) in [6.07, 6.45) is 1.93. The molecular formula is C20H21BrFNO3. The van der Waals surface area contributed by atoms with E-state index in [1.807, 2.05) is 24.3 Å². The van der Waals surface area contributed by atoms with Gasteiger partial charge in [-0.15, -0.1) is 0 Å². The van der Waals surface area contributed by atoms with Crippen molar-refractivity contribution in [3.63, 3.8) is 0 Å². The Morgan fingerprint density at radius 3 is 2.92 bits per heavy atom. The first kappa shape index (κ1) is 18.9. The number of hydrogen-bond acceptors (Lipinski definition) is 3. The van der Waals surface area contributed by atoms with Gasteiger partial charge >= 0.3 is 0 Å². The van der Waals surface area contributed by atoms with Crippen LogP contribution in [0.1, 0.15) is 28.8 Å². The van der Waals surface area contributed by atoms with Crippen molar-refractivity contribution in [1.82, 2.24) is 4.90 Å². The van der Waals surface area contributed by atoms with Gasteiger partial charge in [-0.25, -0.2) is 4.39 Å². The van der Waals surface area contributed by atoms with Crippen molar-refractivity contribution in [2.75, 3.05) is 20.3 Å². The molecule has 1 amide bonds. The minimum absolute atomic E-state index is 0.0110. The molecule has 1 aliphatic heterocycles. The highest BCUT2D eigenvalue weighted by molar-refractivity contribution is 9.10. The molecule has 2 aromatic carbocycles. The van der Waals surface area contributed by atoms with Crippen LogP contribution in [0.4, 0.5) is 4.39 Å². The van der Waals surface area contributed by atoms with Crippen molar-refractivity contribution < 1.29 is 18.7 Å². The molecule has 6 heteroatoms. The molecule has 1 heterocycles. The Hall–Kier alpha value is -1.92. The van der Waals surface area contributed by atoms with E-state index in [-0.39, 0.29) is 12.0 Å². The standard InChI is InChI=1S/C20H21BrFNO3/c1-25-16-5-2-4-14(10-16)12-23(13-17-6-3-9-26-17)20(24)18-11-15(22)7-8-19(18)21/h2,4-5,7-8,10-11,17H,3,6,9,12-13H2,1H3. The van der Waals surface area contributed by atoms with Crippen LogP contribution in [0.5, 0.6) is 5.75 Å². The summed E-state index contributed by atoms with van der Waals surface area (Å²) >= 11 is 3.35. The average molecular weight is 422 g/mol. The summed E-state index contributed by atoms with van der Waals surface area (Å²) in [5.74, 6) is 0.0728. The number of ether oxygens (including phenoxy) is 2. The molecule has 1 fully saturated rings. The summed E-state index contributed by atoms with van der Waals surface area (Å²) in [7, 11) is 1.61. The van der Waals surface area contributed by atoms with Crippen LogP contribution in [0, 0.1) is 5.82 Å². The number of carbonyl (C=O) groups excluding carboxylic acids is 1. The maximum absolute atomic E-state index is 13.7. The maximum Gasteiger partial charge on any atom is 0.255 e. The zero-order valence-corrected chi connectivity index (χ0v) is 16.2. The number of halogens is 2. The minimum Gasteiger partial charge on any atom is -0.497 e. The van der Waals surface area contributed by atoms with Crippen molar-refractivity contribution >= 4 is 21.8 Å². The van der Waals surface area contributed by atoms with E-state index in [1.54, 1.807) is 18.1 Å². The molecule has 0 radical (unpaired) electrons. The molecule has 138 valence electrons. The van der Waals surface area contributed by atoms with Gasteiger partial charge in [0.2, 0.25) is 0 Å². The predicted octanol–water partition coefficient (Wildman–Crippen LogP) is 4.42. The van der Waals surface area contributed by atoms with E-state index in [2.05, 4.69) is 15.9 Å². The third kappa shape index (κ3) is 4.62. The van der Waals surface area contributed by atoms with Crippen molar-refractivity contribution in [2.45, 2.75) is 25.5 Å². The summed E-state index contributed by atoms with van der Waals surface area (Å²) in [4.78, 5) is 14.8. The van der Waals surface area contributed by atoms with Crippen LogP contribution < -0.4 is 4.74 Å². The summed E-state index contributed by atoms with van der Waals surface area (Å²) in [6.45, 7) is 1.59. The third-order valence-corrected chi connectivity index (χ3v) is 5.09. The van der Waals surface area contributed by atoms with Gasteiger partial charge < -0.3 is 14.4 Å². The summed E-state index contributed by atoms with van der Waals surface area (Å²) in [5.41, 5.74) is 1.26. The lowest BCUT2D eigenvalue weighted by atomic mass is 10.1. The molecule has 1 aliphatic rings. The Kier molecular flexibility index (Phi) is 6.27. The van der Waals surface area contributed by atoms with Crippen LogP contribution in [0.15, 0.2) is 46.9 Å². The molecule has 0 N–H and O–H groups in total. The molecule has 0 aromatic heterocycles. The lowest BCUT2D eigenvalue weighted by molar-refractivity contribution is 0.0506. The lowest BCUT2D eigenvalue weighted by Gasteiger charge is -2.26. The van der Waals surface area contributed by atoms with Crippen LogP contribution in [0.2, 0.25) is 0 Å². The lowest BCUT2D eigenvalue weighted by Crippen LogP contribution is -2.37. The van der Waals surface area contributed by atoms with Crippen LogP contribution >= 0.6 is 15.9 Å². The first-order valence-corrected chi connectivity index (χ1v) is 9.35. The van der Waals surface area contributed by atoms with Gasteiger partial charge in [0.1, 0.15) is 11.6 Å². The molecule has 1 atom stereocenters. The molecule has 26 heavy (non-hydrogen) atoms. The number of nitrogens with zero attached hydrogens (tertiary/aromatic N) is 1. The van der Waals surface area contributed by atoms with Crippen molar-refractivity contribution in [1.29, 1.82) is 0 Å². The highest BCUT2D eigenvalue weighted by Gasteiger charge is 2.25. The smallest absolute Gasteiger partial charge is 0.255 e. The van der Waals surface area contributed by atoms with E-state index in [1.165, 1.54) is 12.1 Å². The Morgan fingerprint density at radius 2 is 2.19 bits per heavy atom. The zero-order valence-electron chi connectivity index (χ0n) is 14.6. The molecule has 0 spiro atoms. The molecule has 1 unspecified atom stereocenters. The first-order chi connectivity index (χ1) is 12.6. The molecule has 1 saturated heterocycles. The summed E-state index contributed by atoms with van der Waals surface area (Å²) < 4.78 is 25.2. The van der Waals surface area contributed by atoms with Crippen molar-refractivity contribution in [3.8, 4) is 5.75 Å². The number of benzene rings is 2. The van der Waals surface area contributed by atoms with E-state index in [0.29, 0.717) is 23.1 Å². The molecular weight excluding hydrogens is 401 g/mol. The summed E-state index contributed by atoms with van der Waals surface area (Å²) in [5, 5.41) is 0. The van der Waals surface area contributed by atoms with Gasteiger partial charge in [-0.2, -0.15) is 0 Å². The van der Waals surface area contributed by atoms with Crippen molar-refractivity contribution in [2.24, 2.45) is 0 Å². The van der Waals surface area contributed by atoms with Gasteiger partial charge in [0.25, 0.3) is 5.91 Å². The Labute approximate surface area is 161 Å². The average Bonchev–Trinajstić information content (AvgIpc) is 3.16. The second-order valence-electron chi connectivity index (χ2n) is 6.30. The van der Waals surface area contributed by atoms with Crippen LogP contribution in [-0.2, 0) is 11.3 Å². The number of methoxy groups -OCH3 is 1. The van der Waals surface area contributed by atoms with Gasteiger partial charge in [-0.05, 0) is 64.7 Å². The topological polar surface area (TPSA) is 38.8 Å². The van der Waals surface area contributed by atoms with E-state index < -0.39 is 5.82 Å². The fourth-order valence-corrected chi connectivity index (χ4v) is 3.49. The Bertz CT molecular complexity index is 777. The fourth-order valence-electron chi connectivity index (χ4n) is 3.08. The van der Waals surface area contributed by atoms with Crippen LogP contribution in [0.25, 0.3) is 0 Å². The van der Waals surface area contributed by atoms with Gasteiger partial charge in [-0.1, -0.05) is 12.1 Å². The second-order valence-corrected chi connectivity index (χ2v) is 7.15. The number of rotatable bonds is 6. The van der Waals surface area contributed by atoms with E-state index in [4.69, 9.17) is 9.47 Å². The second kappa shape index (κ2) is 8.64. The molecule has 4 nitrogen and oxygen atoms in total. The van der Waals surface area contributed by atoms with E-state index >= 15 is 0 Å². The Balaban J connectivity index is 1.86. The van der Waals surface area contributed by atoms with Gasteiger partial charge in [0, 0.05) is 24.2 Å². The number of carbonyl (C=O) groups is 1. The number of hydrogen-bond donors (Lipinski definition) is 0. The zero-order chi connectivity index (χ0) is 18.5. The Morgan fingerprint density at radius 1 is 1.35 bits per heavy atom. The summed E-state index contributed by atoms with van der Waals surface area (Å²) in [6, 6.07) is 11.7. The highest BCUT2D eigenvalue weighted by atomic mass is 79.9. The molecule has 0 saturated carbocycles. The van der Waals surface area contributed by atoms with E-state index in [0.717, 1.165) is 30.8 Å². The highest BCUT2D eigenvalue weighted by Crippen LogP contribution is 2.23. The molecule has 0 aliphatic carbocycles. The normalized spacial score (nSPS) is 16.5. The van der Waals surface area contributed by atoms with E-state index in [9.17, 15) is 9.18 Å². The molecule has 0 bridgehead atoms. The first-order valence-electron chi connectivity index (χ1n) is 8.55. The fraction of sp³-hybridized carbons (Fsp3) is 0.350. The number of amides is 1. The van der Waals surface area contributed by atoms with Crippen molar-refractivity contribution in [3.05, 3.63) is 63.9 Å². The monoisotopic (exact) mass is 421 g/mol. The van der Waals surface area contributed by atoms with Crippen LogP contribution in [-0.4, -0.2) is 37.2 Å². The molecule has 3 rings (SSSR count). The quantitative estimate of drug-likeness (QED) is 0.692. The SMILES string of the molecule is COc1cccc(CN(CC2CCCO2)C(=O)c2cc(F)ccc2Br)c1. The van der Waals surface area contributed by atoms with Gasteiger partial charge in [0.05, 0.1) is 18.8 Å².